The average Bonchev–Trinajstić information content (AvgIpc) is 2.68. The molecule has 0 aliphatic carbocycles. The fourth-order valence-corrected chi connectivity index (χ4v) is 4.51. The highest BCUT2D eigenvalue weighted by Crippen LogP contribution is 2.39. The summed E-state index contributed by atoms with van der Waals surface area (Å²) in [6, 6.07) is 18.0. The van der Waals surface area contributed by atoms with Gasteiger partial charge in [0.15, 0.2) is 0 Å². The van der Waals surface area contributed by atoms with Gasteiger partial charge in [-0.1, -0.05) is 42.0 Å². The maximum Gasteiger partial charge on any atom is 0.0629 e. The molecule has 0 spiro atoms. The molecule has 1 aliphatic rings. The number of nitrogens with one attached hydrogen (secondary N) is 1. The fourth-order valence-electron chi connectivity index (χ4n) is 4.51. The van der Waals surface area contributed by atoms with Crippen molar-refractivity contribution >= 4 is 5.69 Å². The van der Waals surface area contributed by atoms with Crippen LogP contribution in [-0.4, -0.2) is 32.8 Å². The van der Waals surface area contributed by atoms with E-state index in [-0.39, 0.29) is 5.60 Å². The molecule has 0 saturated carbocycles. The number of rotatable bonds is 8. The predicted octanol–water partition coefficient (Wildman–Crippen LogP) is 5.53. The molecular weight excluding hydrogens is 356 g/mol. The Morgan fingerprint density at radius 2 is 1.76 bits per heavy atom. The molecule has 2 atom stereocenters. The third-order valence-electron chi connectivity index (χ3n) is 6.22. The van der Waals surface area contributed by atoms with Crippen LogP contribution in [0.4, 0.5) is 5.69 Å². The molecule has 1 heterocycles. The minimum Gasteiger partial charge on any atom is -0.378 e. The number of ether oxygens (including phenoxy) is 1. The van der Waals surface area contributed by atoms with Crippen LogP contribution in [0.1, 0.15) is 55.7 Å². The Morgan fingerprint density at radius 1 is 1.07 bits per heavy atom. The minimum atomic E-state index is -0.00647. The number of anilines is 1. The van der Waals surface area contributed by atoms with Gasteiger partial charge in [-0.25, -0.2) is 0 Å². The molecule has 3 heteroatoms. The van der Waals surface area contributed by atoms with Crippen LogP contribution in [0, 0.1) is 12.8 Å². The molecular formula is C26H38N2O. The second kappa shape index (κ2) is 9.77. The summed E-state index contributed by atoms with van der Waals surface area (Å²) in [4.78, 5) is 2.14. The van der Waals surface area contributed by atoms with Crippen molar-refractivity contribution in [3.05, 3.63) is 65.2 Å². The Hall–Kier alpha value is -1.84. The molecule has 2 aromatic carbocycles. The van der Waals surface area contributed by atoms with Crippen LogP contribution in [0.5, 0.6) is 0 Å². The van der Waals surface area contributed by atoms with Crippen molar-refractivity contribution in [3.8, 4) is 0 Å². The van der Waals surface area contributed by atoms with Crippen LogP contribution in [0.3, 0.4) is 0 Å². The SMILES string of the molecule is Cc1ccc([C@@H](CCNCc2ccc(N(C)C)cc2)[C@H]2CCOC(C)(C)C2)cc1. The minimum absolute atomic E-state index is 0.00647. The first kappa shape index (κ1) is 21.9. The molecule has 3 nitrogen and oxygen atoms in total. The van der Waals surface area contributed by atoms with Crippen molar-refractivity contribution < 1.29 is 4.74 Å². The Balaban J connectivity index is 1.60. The summed E-state index contributed by atoms with van der Waals surface area (Å²) in [5, 5.41) is 3.68. The van der Waals surface area contributed by atoms with E-state index in [4.69, 9.17) is 4.74 Å². The highest BCUT2D eigenvalue weighted by molar-refractivity contribution is 5.45. The van der Waals surface area contributed by atoms with Gasteiger partial charge in [-0.05, 0) is 81.7 Å². The summed E-state index contributed by atoms with van der Waals surface area (Å²) in [7, 11) is 4.16. The van der Waals surface area contributed by atoms with Crippen LogP contribution in [0.2, 0.25) is 0 Å². The lowest BCUT2D eigenvalue weighted by Gasteiger charge is -2.39. The van der Waals surface area contributed by atoms with E-state index in [1.54, 1.807) is 0 Å². The quantitative estimate of drug-likeness (QED) is 0.596. The van der Waals surface area contributed by atoms with E-state index in [0.717, 1.165) is 32.5 Å². The van der Waals surface area contributed by atoms with Crippen molar-refractivity contribution in [1.29, 1.82) is 0 Å². The number of nitrogens with zero attached hydrogens (tertiary/aromatic N) is 1. The van der Waals surface area contributed by atoms with E-state index in [0.29, 0.717) is 11.8 Å². The molecule has 0 aromatic heterocycles. The summed E-state index contributed by atoms with van der Waals surface area (Å²) in [5.41, 5.74) is 5.40. The van der Waals surface area contributed by atoms with Crippen molar-refractivity contribution in [3.63, 3.8) is 0 Å². The number of hydrogen-bond acceptors (Lipinski definition) is 3. The van der Waals surface area contributed by atoms with Crippen molar-refractivity contribution in [2.75, 3.05) is 32.1 Å². The normalized spacial score (nSPS) is 19.7. The lowest BCUT2D eigenvalue weighted by Crippen LogP contribution is -2.36. The van der Waals surface area contributed by atoms with E-state index in [9.17, 15) is 0 Å². The Kier molecular flexibility index (Phi) is 7.37. The fraction of sp³-hybridized carbons (Fsp3) is 0.538. The summed E-state index contributed by atoms with van der Waals surface area (Å²) in [6.45, 7) is 9.48. The molecule has 0 bridgehead atoms. The van der Waals surface area contributed by atoms with Gasteiger partial charge in [0.2, 0.25) is 0 Å². The van der Waals surface area contributed by atoms with E-state index >= 15 is 0 Å². The van der Waals surface area contributed by atoms with Gasteiger partial charge < -0.3 is 15.0 Å². The third kappa shape index (κ3) is 6.32. The first-order valence-electron chi connectivity index (χ1n) is 11.0. The molecule has 1 fully saturated rings. The number of aryl methyl sites for hydroxylation is 1. The van der Waals surface area contributed by atoms with Crippen LogP contribution in [0.25, 0.3) is 0 Å². The van der Waals surface area contributed by atoms with Gasteiger partial charge in [0.05, 0.1) is 5.60 Å². The summed E-state index contributed by atoms with van der Waals surface area (Å²) in [5.74, 6) is 1.27. The molecule has 0 unspecified atom stereocenters. The second-order valence-electron chi connectivity index (χ2n) is 9.40. The van der Waals surface area contributed by atoms with Crippen LogP contribution >= 0.6 is 0 Å². The first-order chi connectivity index (χ1) is 13.8. The average molecular weight is 395 g/mol. The molecule has 1 aliphatic heterocycles. The van der Waals surface area contributed by atoms with E-state index in [1.165, 1.54) is 28.8 Å². The summed E-state index contributed by atoms with van der Waals surface area (Å²) < 4.78 is 5.99. The van der Waals surface area contributed by atoms with Gasteiger partial charge in [0.25, 0.3) is 0 Å². The lowest BCUT2D eigenvalue weighted by molar-refractivity contribution is -0.0771. The van der Waals surface area contributed by atoms with Gasteiger partial charge >= 0.3 is 0 Å². The van der Waals surface area contributed by atoms with E-state index in [2.05, 4.69) is 93.6 Å². The zero-order valence-corrected chi connectivity index (χ0v) is 18.9. The van der Waals surface area contributed by atoms with Gasteiger partial charge in [0, 0.05) is 32.9 Å². The highest BCUT2D eigenvalue weighted by atomic mass is 16.5. The Morgan fingerprint density at radius 3 is 2.38 bits per heavy atom. The van der Waals surface area contributed by atoms with Crippen LogP contribution < -0.4 is 10.2 Å². The molecule has 29 heavy (non-hydrogen) atoms. The van der Waals surface area contributed by atoms with Gasteiger partial charge in [-0.15, -0.1) is 0 Å². The number of hydrogen-bond donors (Lipinski definition) is 1. The number of benzene rings is 2. The van der Waals surface area contributed by atoms with Crippen LogP contribution in [0.15, 0.2) is 48.5 Å². The zero-order chi connectivity index (χ0) is 20.9. The molecule has 2 aromatic rings. The Bertz CT molecular complexity index is 749. The predicted molar refractivity (Wildman–Crippen MR) is 124 cm³/mol. The molecule has 3 rings (SSSR count). The molecule has 0 amide bonds. The van der Waals surface area contributed by atoms with Crippen LogP contribution in [-0.2, 0) is 11.3 Å². The van der Waals surface area contributed by atoms with E-state index in [1.807, 2.05) is 0 Å². The monoisotopic (exact) mass is 394 g/mol. The molecule has 158 valence electrons. The molecule has 0 radical (unpaired) electrons. The first-order valence-corrected chi connectivity index (χ1v) is 11.0. The van der Waals surface area contributed by atoms with Gasteiger partial charge in [-0.3, -0.25) is 0 Å². The Labute approximate surface area is 177 Å². The largest absolute Gasteiger partial charge is 0.378 e. The standard InChI is InChI=1S/C26H38N2O/c1-20-6-10-22(11-7-20)25(23-15-17-29-26(2,3)18-23)14-16-27-19-21-8-12-24(13-9-21)28(4)5/h6-13,23,25,27H,14-19H2,1-5H3/t23-,25+/m0/s1. The van der Waals surface area contributed by atoms with E-state index < -0.39 is 0 Å². The highest BCUT2D eigenvalue weighted by Gasteiger charge is 2.33. The molecule has 1 N–H and O–H groups in total. The van der Waals surface area contributed by atoms with Gasteiger partial charge in [-0.2, -0.15) is 0 Å². The summed E-state index contributed by atoms with van der Waals surface area (Å²) >= 11 is 0. The second-order valence-corrected chi connectivity index (χ2v) is 9.40. The van der Waals surface area contributed by atoms with Crippen molar-refractivity contribution in [2.24, 2.45) is 5.92 Å². The summed E-state index contributed by atoms with van der Waals surface area (Å²) in [6.07, 6.45) is 3.46. The van der Waals surface area contributed by atoms with Gasteiger partial charge in [0.1, 0.15) is 0 Å². The topological polar surface area (TPSA) is 24.5 Å². The zero-order valence-electron chi connectivity index (χ0n) is 18.9. The lowest BCUT2D eigenvalue weighted by atomic mass is 9.75. The molecule has 1 saturated heterocycles. The maximum atomic E-state index is 5.99. The van der Waals surface area contributed by atoms with Crippen molar-refractivity contribution in [2.45, 2.75) is 58.1 Å². The maximum absolute atomic E-state index is 5.99. The smallest absolute Gasteiger partial charge is 0.0629 e. The third-order valence-corrected chi connectivity index (χ3v) is 6.22. The van der Waals surface area contributed by atoms with Crippen molar-refractivity contribution in [1.82, 2.24) is 5.32 Å².